The molecule has 104 valence electrons. The highest BCUT2D eigenvalue weighted by atomic mass is 19.1. The Hall–Kier alpha value is -2.43. The van der Waals surface area contributed by atoms with Crippen molar-refractivity contribution in [2.24, 2.45) is 0 Å². The highest BCUT2D eigenvalue weighted by Gasteiger charge is 2.20. The van der Waals surface area contributed by atoms with Gasteiger partial charge in [0, 0.05) is 13.6 Å². The van der Waals surface area contributed by atoms with Crippen LogP contribution < -0.4 is 0 Å². The molecule has 2 rings (SSSR count). The summed E-state index contributed by atoms with van der Waals surface area (Å²) < 4.78 is 26.7. The molecule has 1 N–H and O–H groups in total. The summed E-state index contributed by atoms with van der Waals surface area (Å²) in [5.74, 6) is -2.27. The fraction of sp³-hybridized carbons (Fsp3) is 0.133. The molecule has 1 amide bonds. The third-order valence-electron chi connectivity index (χ3n) is 2.86. The monoisotopic (exact) mass is 277 g/mol. The normalized spacial score (nSPS) is 10.3. The molecule has 20 heavy (non-hydrogen) atoms. The van der Waals surface area contributed by atoms with Gasteiger partial charge in [-0.05, 0) is 29.8 Å². The zero-order valence-corrected chi connectivity index (χ0v) is 10.8. The smallest absolute Gasteiger partial charge is 0.260 e. The van der Waals surface area contributed by atoms with Crippen LogP contribution in [0.15, 0.2) is 42.5 Å². The number of carbonyl (C=O) groups is 1. The minimum Gasteiger partial charge on any atom is -0.507 e. The highest BCUT2D eigenvalue weighted by molar-refractivity contribution is 5.96. The molecule has 0 fully saturated rings. The average Bonchev–Trinajstić information content (AvgIpc) is 2.38. The van der Waals surface area contributed by atoms with Crippen molar-refractivity contribution in [1.82, 2.24) is 4.90 Å². The Morgan fingerprint density at radius 2 is 1.90 bits per heavy atom. The van der Waals surface area contributed by atoms with Gasteiger partial charge in [-0.25, -0.2) is 8.78 Å². The molecule has 0 aliphatic heterocycles. The largest absolute Gasteiger partial charge is 0.507 e. The lowest BCUT2D eigenvalue weighted by Gasteiger charge is -2.18. The van der Waals surface area contributed by atoms with E-state index in [4.69, 9.17) is 0 Å². The Bertz CT molecular complexity index is 623. The van der Waals surface area contributed by atoms with E-state index in [2.05, 4.69) is 0 Å². The topological polar surface area (TPSA) is 40.5 Å². The summed E-state index contributed by atoms with van der Waals surface area (Å²) in [4.78, 5) is 13.3. The van der Waals surface area contributed by atoms with Gasteiger partial charge in [0.05, 0.1) is 0 Å². The van der Waals surface area contributed by atoms with E-state index in [1.165, 1.54) is 42.3 Å². The van der Waals surface area contributed by atoms with Gasteiger partial charge in [-0.15, -0.1) is 0 Å². The van der Waals surface area contributed by atoms with Gasteiger partial charge in [0.1, 0.15) is 22.9 Å². The predicted molar refractivity (Wildman–Crippen MR) is 70.3 cm³/mol. The van der Waals surface area contributed by atoms with Crippen molar-refractivity contribution in [2.45, 2.75) is 6.54 Å². The van der Waals surface area contributed by atoms with Gasteiger partial charge in [-0.1, -0.05) is 18.2 Å². The standard InChI is InChI=1S/C15H13F2NO2/c1-18(9-10-4-2-5-11(16)8-10)15(20)14-12(17)6-3-7-13(14)19/h2-8,19H,9H2,1H3. The summed E-state index contributed by atoms with van der Waals surface area (Å²) in [5, 5.41) is 9.57. The Morgan fingerprint density at radius 3 is 2.55 bits per heavy atom. The van der Waals surface area contributed by atoms with Crippen LogP contribution in [-0.2, 0) is 6.54 Å². The lowest BCUT2D eigenvalue weighted by Crippen LogP contribution is -2.27. The van der Waals surface area contributed by atoms with Gasteiger partial charge < -0.3 is 10.0 Å². The number of phenolic OH excluding ortho intramolecular Hbond substituents is 1. The molecule has 0 saturated carbocycles. The summed E-state index contributed by atoms with van der Waals surface area (Å²) in [7, 11) is 1.46. The van der Waals surface area contributed by atoms with E-state index in [0.717, 1.165) is 6.07 Å². The van der Waals surface area contributed by atoms with Crippen molar-refractivity contribution in [3.63, 3.8) is 0 Å². The molecule has 3 nitrogen and oxygen atoms in total. The number of phenols is 1. The first-order valence-electron chi connectivity index (χ1n) is 5.96. The summed E-state index contributed by atoms with van der Waals surface area (Å²) in [6.45, 7) is 0.115. The maximum Gasteiger partial charge on any atom is 0.260 e. The number of aromatic hydroxyl groups is 1. The van der Waals surface area contributed by atoms with Crippen molar-refractivity contribution in [1.29, 1.82) is 0 Å². The first-order chi connectivity index (χ1) is 9.49. The average molecular weight is 277 g/mol. The van der Waals surface area contributed by atoms with E-state index in [1.54, 1.807) is 6.07 Å². The van der Waals surface area contributed by atoms with Crippen LogP contribution in [0.1, 0.15) is 15.9 Å². The lowest BCUT2D eigenvalue weighted by molar-refractivity contribution is 0.0777. The van der Waals surface area contributed by atoms with Crippen LogP contribution in [0.3, 0.4) is 0 Å². The SMILES string of the molecule is CN(Cc1cccc(F)c1)C(=O)c1c(O)cccc1F. The first-order valence-corrected chi connectivity index (χ1v) is 5.96. The van der Waals surface area contributed by atoms with Crippen LogP contribution in [0.5, 0.6) is 5.75 Å². The van der Waals surface area contributed by atoms with E-state index in [9.17, 15) is 18.7 Å². The molecular formula is C15H13F2NO2. The van der Waals surface area contributed by atoms with Gasteiger partial charge in [0.2, 0.25) is 0 Å². The van der Waals surface area contributed by atoms with E-state index < -0.39 is 23.3 Å². The van der Waals surface area contributed by atoms with Gasteiger partial charge in [0.15, 0.2) is 0 Å². The quantitative estimate of drug-likeness (QED) is 0.937. The van der Waals surface area contributed by atoms with Crippen LogP contribution in [0.2, 0.25) is 0 Å². The molecule has 0 aliphatic rings. The lowest BCUT2D eigenvalue weighted by atomic mass is 10.1. The first kappa shape index (κ1) is 14.0. The number of nitrogens with zero attached hydrogens (tertiary/aromatic N) is 1. The molecule has 0 heterocycles. The molecule has 0 atom stereocenters. The zero-order chi connectivity index (χ0) is 14.7. The predicted octanol–water partition coefficient (Wildman–Crippen LogP) is 2.94. The van der Waals surface area contributed by atoms with Crippen molar-refractivity contribution in [3.05, 3.63) is 65.2 Å². The van der Waals surface area contributed by atoms with Crippen LogP contribution in [0, 0.1) is 11.6 Å². The van der Waals surface area contributed by atoms with E-state index in [-0.39, 0.29) is 12.1 Å². The molecule has 0 unspecified atom stereocenters. The van der Waals surface area contributed by atoms with Crippen molar-refractivity contribution in [3.8, 4) is 5.75 Å². The maximum atomic E-state index is 13.6. The number of hydrogen-bond donors (Lipinski definition) is 1. The number of benzene rings is 2. The van der Waals surface area contributed by atoms with Crippen LogP contribution in [0.25, 0.3) is 0 Å². The molecule has 0 spiro atoms. The Kier molecular flexibility index (Phi) is 3.98. The fourth-order valence-electron chi connectivity index (χ4n) is 1.90. The zero-order valence-electron chi connectivity index (χ0n) is 10.8. The molecule has 0 aliphatic carbocycles. The van der Waals surface area contributed by atoms with Crippen molar-refractivity contribution in [2.75, 3.05) is 7.05 Å². The van der Waals surface area contributed by atoms with Crippen molar-refractivity contribution < 1.29 is 18.7 Å². The number of amides is 1. The molecular weight excluding hydrogens is 264 g/mol. The Labute approximate surface area is 115 Å². The van der Waals surface area contributed by atoms with Gasteiger partial charge >= 0.3 is 0 Å². The van der Waals surface area contributed by atoms with E-state index in [0.29, 0.717) is 5.56 Å². The third-order valence-corrected chi connectivity index (χ3v) is 2.86. The van der Waals surface area contributed by atoms with Gasteiger partial charge in [-0.2, -0.15) is 0 Å². The minimum absolute atomic E-state index is 0.115. The number of hydrogen-bond acceptors (Lipinski definition) is 2. The number of rotatable bonds is 3. The summed E-state index contributed by atoms with van der Waals surface area (Å²) >= 11 is 0. The Balaban J connectivity index is 2.21. The Morgan fingerprint density at radius 1 is 1.20 bits per heavy atom. The van der Waals surface area contributed by atoms with Crippen LogP contribution in [0.4, 0.5) is 8.78 Å². The second-order valence-corrected chi connectivity index (χ2v) is 4.43. The fourth-order valence-corrected chi connectivity index (χ4v) is 1.90. The van der Waals surface area contributed by atoms with Gasteiger partial charge in [0.25, 0.3) is 5.91 Å². The molecule has 0 aromatic heterocycles. The summed E-state index contributed by atoms with van der Waals surface area (Å²) in [5.41, 5.74) is 0.197. The van der Waals surface area contributed by atoms with Crippen LogP contribution >= 0.6 is 0 Å². The van der Waals surface area contributed by atoms with Gasteiger partial charge in [-0.3, -0.25) is 4.79 Å². The summed E-state index contributed by atoms with van der Waals surface area (Å²) in [6.07, 6.45) is 0. The number of carbonyl (C=O) groups excluding carboxylic acids is 1. The second kappa shape index (κ2) is 5.69. The van der Waals surface area contributed by atoms with Crippen LogP contribution in [-0.4, -0.2) is 23.0 Å². The molecule has 0 radical (unpaired) electrons. The second-order valence-electron chi connectivity index (χ2n) is 4.43. The van der Waals surface area contributed by atoms with E-state index >= 15 is 0 Å². The maximum absolute atomic E-state index is 13.6. The molecule has 0 bridgehead atoms. The molecule has 5 heteroatoms. The molecule has 0 saturated heterocycles. The molecule has 2 aromatic rings. The van der Waals surface area contributed by atoms with E-state index in [1.807, 2.05) is 0 Å². The van der Waals surface area contributed by atoms with Crippen molar-refractivity contribution >= 4 is 5.91 Å². The highest BCUT2D eigenvalue weighted by Crippen LogP contribution is 2.22. The molecule has 2 aromatic carbocycles. The number of halogens is 2. The third kappa shape index (κ3) is 2.93. The summed E-state index contributed by atoms with van der Waals surface area (Å²) in [6, 6.07) is 9.44. The minimum atomic E-state index is -0.791.